The molecular formula is C14H17ClN2O3. The van der Waals surface area contributed by atoms with Gasteiger partial charge in [-0.2, -0.15) is 0 Å². The standard InChI is InChI=1S/C14H17ClN2O3/c1-9-4-2-5-10(11(9)15)17-13(19)12(18)16-8-14(20)6-3-7-14/h2,4-5,20H,3,6-8H2,1H3,(H,16,18)(H,17,19). The van der Waals surface area contributed by atoms with Gasteiger partial charge in [0.1, 0.15) is 0 Å². The molecule has 0 aliphatic heterocycles. The molecule has 6 heteroatoms. The van der Waals surface area contributed by atoms with Crippen molar-refractivity contribution in [2.45, 2.75) is 31.8 Å². The number of halogens is 1. The van der Waals surface area contributed by atoms with E-state index in [1.54, 1.807) is 12.1 Å². The summed E-state index contributed by atoms with van der Waals surface area (Å²) in [6.45, 7) is 1.91. The van der Waals surface area contributed by atoms with E-state index in [4.69, 9.17) is 11.6 Å². The van der Waals surface area contributed by atoms with Crippen molar-refractivity contribution in [3.05, 3.63) is 28.8 Å². The summed E-state index contributed by atoms with van der Waals surface area (Å²) in [7, 11) is 0. The summed E-state index contributed by atoms with van der Waals surface area (Å²) in [5.74, 6) is -1.57. The molecule has 2 rings (SSSR count). The fourth-order valence-electron chi connectivity index (χ4n) is 2.01. The summed E-state index contributed by atoms with van der Waals surface area (Å²) >= 11 is 6.04. The molecule has 0 unspecified atom stereocenters. The van der Waals surface area contributed by atoms with Crippen LogP contribution in [0.15, 0.2) is 18.2 Å². The summed E-state index contributed by atoms with van der Waals surface area (Å²) in [4.78, 5) is 23.4. The number of anilines is 1. The SMILES string of the molecule is Cc1cccc(NC(=O)C(=O)NCC2(O)CCC2)c1Cl. The van der Waals surface area contributed by atoms with Crippen molar-refractivity contribution in [3.8, 4) is 0 Å². The Morgan fingerprint density at radius 2 is 2.05 bits per heavy atom. The van der Waals surface area contributed by atoms with Crippen LogP contribution >= 0.6 is 11.6 Å². The highest BCUT2D eigenvalue weighted by Crippen LogP contribution is 2.30. The molecule has 0 atom stereocenters. The predicted octanol–water partition coefficient (Wildman–Crippen LogP) is 1.62. The van der Waals surface area contributed by atoms with Gasteiger partial charge in [-0.25, -0.2) is 0 Å². The van der Waals surface area contributed by atoms with Gasteiger partial charge < -0.3 is 15.7 Å². The first kappa shape index (κ1) is 14.8. The zero-order valence-electron chi connectivity index (χ0n) is 11.2. The quantitative estimate of drug-likeness (QED) is 0.742. The van der Waals surface area contributed by atoms with Gasteiger partial charge in [-0.1, -0.05) is 23.7 Å². The summed E-state index contributed by atoms with van der Waals surface area (Å²) in [5.41, 5.74) is 0.361. The Hall–Kier alpha value is -1.59. The van der Waals surface area contributed by atoms with Gasteiger partial charge in [0.15, 0.2) is 0 Å². The number of rotatable bonds is 3. The molecule has 3 N–H and O–H groups in total. The highest BCUT2D eigenvalue weighted by Gasteiger charge is 2.35. The van der Waals surface area contributed by atoms with Crippen molar-refractivity contribution in [1.29, 1.82) is 0 Å². The summed E-state index contributed by atoms with van der Waals surface area (Å²) in [6.07, 6.45) is 2.24. The van der Waals surface area contributed by atoms with E-state index >= 15 is 0 Å². The first-order chi connectivity index (χ1) is 9.41. The zero-order chi connectivity index (χ0) is 14.8. The van der Waals surface area contributed by atoms with E-state index in [-0.39, 0.29) is 6.54 Å². The van der Waals surface area contributed by atoms with Gasteiger partial charge >= 0.3 is 11.8 Å². The first-order valence-corrected chi connectivity index (χ1v) is 6.86. The number of benzene rings is 1. The molecule has 108 valence electrons. The summed E-state index contributed by atoms with van der Waals surface area (Å²) in [6, 6.07) is 5.18. The minimum absolute atomic E-state index is 0.0980. The van der Waals surface area contributed by atoms with Crippen LogP contribution in [-0.2, 0) is 9.59 Å². The molecule has 0 aromatic heterocycles. The molecular weight excluding hydrogens is 280 g/mol. The molecule has 5 nitrogen and oxygen atoms in total. The molecule has 1 aromatic rings. The van der Waals surface area contributed by atoms with Gasteiger partial charge in [-0.3, -0.25) is 9.59 Å². The maximum atomic E-state index is 11.7. The van der Waals surface area contributed by atoms with Crippen LogP contribution in [0.4, 0.5) is 5.69 Å². The third-order valence-electron chi connectivity index (χ3n) is 3.51. The Morgan fingerprint density at radius 3 is 2.65 bits per heavy atom. The van der Waals surface area contributed by atoms with Crippen LogP contribution in [0, 0.1) is 6.92 Å². The number of aryl methyl sites for hydroxylation is 1. The van der Waals surface area contributed by atoms with E-state index in [2.05, 4.69) is 10.6 Å². The number of hydrogen-bond donors (Lipinski definition) is 3. The Kier molecular flexibility index (Phi) is 4.30. The minimum Gasteiger partial charge on any atom is -0.388 e. The number of carbonyl (C=O) groups excluding carboxylic acids is 2. The molecule has 0 radical (unpaired) electrons. The fraction of sp³-hybridized carbons (Fsp3) is 0.429. The highest BCUT2D eigenvalue weighted by atomic mass is 35.5. The maximum Gasteiger partial charge on any atom is 0.313 e. The average Bonchev–Trinajstić information content (AvgIpc) is 2.39. The average molecular weight is 297 g/mol. The molecule has 0 spiro atoms. The van der Waals surface area contributed by atoms with Crippen LogP contribution in [0.1, 0.15) is 24.8 Å². The van der Waals surface area contributed by atoms with Gasteiger partial charge in [0, 0.05) is 6.54 Å². The van der Waals surface area contributed by atoms with Crippen molar-refractivity contribution >= 4 is 29.1 Å². The molecule has 0 heterocycles. The summed E-state index contributed by atoms with van der Waals surface area (Å²) in [5, 5.41) is 15.1. The molecule has 1 fully saturated rings. The lowest BCUT2D eigenvalue weighted by atomic mass is 9.80. The molecule has 1 aliphatic carbocycles. The van der Waals surface area contributed by atoms with Crippen LogP contribution in [0.25, 0.3) is 0 Å². The monoisotopic (exact) mass is 296 g/mol. The highest BCUT2D eigenvalue weighted by molar-refractivity contribution is 6.41. The predicted molar refractivity (Wildman–Crippen MR) is 76.6 cm³/mol. The normalized spacial score (nSPS) is 16.1. The van der Waals surface area contributed by atoms with Gasteiger partial charge in [-0.15, -0.1) is 0 Å². The van der Waals surface area contributed by atoms with Gasteiger partial charge in [0.05, 0.1) is 16.3 Å². The Balaban J connectivity index is 1.90. The van der Waals surface area contributed by atoms with E-state index in [0.29, 0.717) is 23.6 Å². The molecule has 1 aromatic carbocycles. The molecule has 0 saturated heterocycles. The van der Waals surface area contributed by atoms with Crippen LogP contribution in [0.3, 0.4) is 0 Å². The lowest BCUT2D eigenvalue weighted by molar-refractivity contribution is -0.137. The molecule has 2 amide bonds. The molecule has 20 heavy (non-hydrogen) atoms. The Morgan fingerprint density at radius 1 is 1.35 bits per heavy atom. The van der Waals surface area contributed by atoms with Crippen LogP contribution in [0.5, 0.6) is 0 Å². The lowest BCUT2D eigenvalue weighted by Gasteiger charge is -2.36. The van der Waals surface area contributed by atoms with Crippen molar-refractivity contribution in [1.82, 2.24) is 5.32 Å². The Labute approximate surface area is 122 Å². The van der Waals surface area contributed by atoms with Crippen molar-refractivity contribution in [3.63, 3.8) is 0 Å². The fourth-order valence-corrected chi connectivity index (χ4v) is 2.18. The largest absolute Gasteiger partial charge is 0.388 e. The maximum absolute atomic E-state index is 11.7. The van der Waals surface area contributed by atoms with E-state index in [1.165, 1.54) is 0 Å². The van der Waals surface area contributed by atoms with E-state index in [9.17, 15) is 14.7 Å². The topological polar surface area (TPSA) is 78.4 Å². The van der Waals surface area contributed by atoms with Crippen molar-refractivity contribution < 1.29 is 14.7 Å². The Bertz CT molecular complexity index is 541. The first-order valence-electron chi connectivity index (χ1n) is 6.48. The number of amides is 2. The second-order valence-corrected chi connectivity index (χ2v) is 5.53. The van der Waals surface area contributed by atoms with E-state index in [0.717, 1.165) is 12.0 Å². The molecule has 1 saturated carbocycles. The lowest BCUT2D eigenvalue weighted by Crippen LogP contribution is -2.49. The molecule has 0 bridgehead atoms. The van der Waals surface area contributed by atoms with E-state index < -0.39 is 17.4 Å². The summed E-state index contributed by atoms with van der Waals surface area (Å²) < 4.78 is 0. The van der Waals surface area contributed by atoms with Crippen molar-refractivity contribution in [2.24, 2.45) is 0 Å². The van der Waals surface area contributed by atoms with Gasteiger partial charge in [-0.05, 0) is 37.8 Å². The van der Waals surface area contributed by atoms with Gasteiger partial charge in [0.2, 0.25) is 0 Å². The number of nitrogens with one attached hydrogen (secondary N) is 2. The zero-order valence-corrected chi connectivity index (χ0v) is 12.0. The van der Waals surface area contributed by atoms with Gasteiger partial charge in [0.25, 0.3) is 0 Å². The van der Waals surface area contributed by atoms with Crippen molar-refractivity contribution in [2.75, 3.05) is 11.9 Å². The third-order valence-corrected chi connectivity index (χ3v) is 4.01. The number of aliphatic hydroxyl groups is 1. The van der Waals surface area contributed by atoms with E-state index in [1.807, 2.05) is 13.0 Å². The number of hydrogen-bond acceptors (Lipinski definition) is 3. The van der Waals surface area contributed by atoms with Crippen LogP contribution < -0.4 is 10.6 Å². The second kappa shape index (κ2) is 5.81. The van der Waals surface area contributed by atoms with Crippen LogP contribution in [0.2, 0.25) is 5.02 Å². The van der Waals surface area contributed by atoms with Crippen LogP contribution in [-0.4, -0.2) is 29.1 Å². The molecule has 1 aliphatic rings. The smallest absolute Gasteiger partial charge is 0.313 e. The minimum atomic E-state index is -0.850. The third kappa shape index (κ3) is 3.29. The number of carbonyl (C=O) groups is 2. The second-order valence-electron chi connectivity index (χ2n) is 5.15.